The summed E-state index contributed by atoms with van der Waals surface area (Å²) in [5.41, 5.74) is 11.0. The number of amides is 4. The first-order valence-corrected chi connectivity index (χ1v) is 11.5. The molecule has 0 radical (unpaired) electrons. The van der Waals surface area contributed by atoms with Gasteiger partial charge in [-0.1, -0.05) is 0 Å². The highest BCUT2D eigenvalue weighted by atomic mass is 16.4. The van der Waals surface area contributed by atoms with Gasteiger partial charge in [-0.3, -0.25) is 33.6 Å². The predicted octanol–water partition coefficient (Wildman–Crippen LogP) is -3.16. The monoisotopic (exact) mass is 532 g/mol. The minimum absolute atomic E-state index is 0.0506. The van der Waals surface area contributed by atoms with E-state index in [1.54, 1.807) is 0 Å². The number of carbonyl (C=O) groups excluding carboxylic acids is 4. The van der Waals surface area contributed by atoms with Gasteiger partial charge in [-0.25, -0.2) is 0 Å². The fourth-order valence-electron chi connectivity index (χ4n) is 2.83. The lowest BCUT2D eigenvalue weighted by Gasteiger charge is -2.25. The average molecular weight is 533 g/mol. The first-order valence-electron chi connectivity index (χ1n) is 11.5. The summed E-state index contributed by atoms with van der Waals surface area (Å²) >= 11 is 0. The molecule has 0 aliphatic carbocycles. The van der Waals surface area contributed by atoms with E-state index in [-0.39, 0.29) is 25.7 Å². The number of nitrogens with two attached hydrogens (primary N) is 2. The highest BCUT2D eigenvalue weighted by Gasteiger charge is 2.30. The number of carbonyl (C=O) groups is 7. The third-order valence-electron chi connectivity index (χ3n) is 5.13. The zero-order valence-electron chi connectivity index (χ0n) is 20.9. The second-order valence-electron chi connectivity index (χ2n) is 8.52. The molecule has 0 fully saturated rings. The second kappa shape index (κ2) is 16.1. The van der Waals surface area contributed by atoms with Crippen LogP contribution >= 0.6 is 0 Å². The summed E-state index contributed by atoms with van der Waals surface area (Å²) in [7, 11) is 0. The molecule has 16 nitrogen and oxygen atoms in total. The molecule has 0 heterocycles. The maximum Gasteiger partial charge on any atom is 0.325 e. The van der Waals surface area contributed by atoms with Crippen LogP contribution in [0, 0.1) is 0 Å². The molecule has 4 amide bonds. The van der Waals surface area contributed by atoms with E-state index in [2.05, 4.69) is 21.3 Å². The fourth-order valence-corrected chi connectivity index (χ4v) is 2.83. The van der Waals surface area contributed by atoms with Crippen LogP contribution in [0.1, 0.15) is 52.9 Å². The number of rotatable bonds is 17. The Balaban J connectivity index is 5.60. The lowest BCUT2D eigenvalue weighted by Crippen LogP contribution is -2.57. The number of carboxylic acid groups (broad SMARTS) is 3. The Hall–Kier alpha value is -3.79. The van der Waals surface area contributed by atoms with E-state index < -0.39 is 84.2 Å². The molecule has 37 heavy (non-hydrogen) atoms. The molecule has 0 bridgehead atoms. The number of aliphatic carboxylic acids is 3. The lowest BCUT2D eigenvalue weighted by molar-refractivity contribution is -0.142. The maximum absolute atomic E-state index is 12.9. The van der Waals surface area contributed by atoms with Gasteiger partial charge in [0.25, 0.3) is 0 Å². The van der Waals surface area contributed by atoms with E-state index in [1.807, 2.05) is 0 Å². The summed E-state index contributed by atoms with van der Waals surface area (Å²) in [6.45, 7) is 3.85. The van der Waals surface area contributed by atoms with E-state index in [0.717, 1.165) is 0 Å². The van der Waals surface area contributed by atoms with Crippen molar-refractivity contribution in [2.75, 3.05) is 0 Å². The fraction of sp³-hybridized carbons (Fsp3) is 0.667. The van der Waals surface area contributed by atoms with Gasteiger partial charge in [-0.05, 0) is 46.5 Å². The van der Waals surface area contributed by atoms with Gasteiger partial charge in [0.15, 0.2) is 0 Å². The smallest absolute Gasteiger partial charge is 0.325 e. The minimum Gasteiger partial charge on any atom is -0.481 e. The van der Waals surface area contributed by atoms with Crippen molar-refractivity contribution in [1.82, 2.24) is 21.3 Å². The summed E-state index contributed by atoms with van der Waals surface area (Å²) in [6.07, 6.45) is -0.908. The Kier molecular flexibility index (Phi) is 14.4. The standard InChI is InChI=1S/C21H36N6O10/c1-9(22)16(30)26-14(7-8-15(28)29)19(33)27-13(6-4-5-12(23)21(36)37)18(32)24-10(2)17(31)25-11(3)20(34)35/h9-14H,4-8,22-23H2,1-3H3,(H,24,32)(H,25,31)(H,26,30)(H,27,33)(H,28,29)(H,34,35)(H,36,37)/t9-,10+,11+,12+,13-,14+/m0/s1. The third-order valence-corrected chi connectivity index (χ3v) is 5.13. The normalized spacial score (nSPS) is 15.6. The van der Waals surface area contributed by atoms with Crippen LogP contribution in [0.25, 0.3) is 0 Å². The largest absolute Gasteiger partial charge is 0.481 e. The van der Waals surface area contributed by atoms with Gasteiger partial charge in [0.05, 0.1) is 6.04 Å². The van der Waals surface area contributed by atoms with E-state index in [9.17, 15) is 33.6 Å². The van der Waals surface area contributed by atoms with Gasteiger partial charge in [0, 0.05) is 6.42 Å². The van der Waals surface area contributed by atoms with Gasteiger partial charge in [-0.15, -0.1) is 0 Å². The zero-order chi connectivity index (χ0) is 28.9. The lowest BCUT2D eigenvalue weighted by atomic mass is 10.0. The first kappa shape index (κ1) is 33.2. The Morgan fingerprint density at radius 2 is 1.11 bits per heavy atom. The quantitative estimate of drug-likeness (QED) is 0.0897. The molecular formula is C21H36N6O10. The van der Waals surface area contributed by atoms with Crippen LogP contribution in [-0.4, -0.2) is 93.1 Å². The van der Waals surface area contributed by atoms with Crippen molar-refractivity contribution in [1.29, 1.82) is 0 Å². The number of carboxylic acids is 3. The summed E-state index contributed by atoms with van der Waals surface area (Å²) in [5.74, 6) is -7.13. The topological polar surface area (TPSA) is 280 Å². The van der Waals surface area contributed by atoms with Crippen molar-refractivity contribution in [3.63, 3.8) is 0 Å². The van der Waals surface area contributed by atoms with E-state index in [0.29, 0.717) is 0 Å². The van der Waals surface area contributed by atoms with Crippen molar-refractivity contribution in [2.45, 2.75) is 89.1 Å². The van der Waals surface area contributed by atoms with Crippen LogP contribution in [0.5, 0.6) is 0 Å². The molecule has 0 unspecified atom stereocenters. The number of hydrogen-bond donors (Lipinski definition) is 9. The van der Waals surface area contributed by atoms with Crippen LogP contribution in [0.4, 0.5) is 0 Å². The maximum atomic E-state index is 12.9. The summed E-state index contributed by atoms with van der Waals surface area (Å²) in [5, 5.41) is 36.0. The molecule has 6 atom stereocenters. The molecule has 0 aromatic carbocycles. The van der Waals surface area contributed by atoms with Gasteiger partial charge in [0.1, 0.15) is 30.2 Å². The van der Waals surface area contributed by atoms with Gasteiger partial charge in [0.2, 0.25) is 23.6 Å². The molecule has 210 valence electrons. The molecule has 0 aliphatic heterocycles. The highest BCUT2D eigenvalue weighted by molar-refractivity contribution is 5.95. The predicted molar refractivity (Wildman–Crippen MR) is 127 cm³/mol. The van der Waals surface area contributed by atoms with Crippen molar-refractivity contribution in [3.05, 3.63) is 0 Å². The van der Waals surface area contributed by atoms with Crippen LogP contribution in [-0.2, 0) is 33.6 Å². The van der Waals surface area contributed by atoms with Crippen LogP contribution in [0.2, 0.25) is 0 Å². The molecule has 16 heteroatoms. The molecule has 0 saturated carbocycles. The van der Waals surface area contributed by atoms with Crippen LogP contribution < -0.4 is 32.7 Å². The van der Waals surface area contributed by atoms with Gasteiger partial charge >= 0.3 is 17.9 Å². The Labute approximate surface area is 212 Å². The van der Waals surface area contributed by atoms with E-state index in [1.165, 1.54) is 20.8 Å². The molecular weight excluding hydrogens is 496 g/mol. The van der Waals surface area contributed by atoms with Crippen molar-refractivity contribution in [2.24, 2.45) is 11.5 Å². The average Bonchev–Trinajstić information content (AvgIpc) is 2.79. The van der Waals surface area contributed by atoms with Gasteiger partial charge < -0.3 is 48.1 Å². The van der Waals surface area contributed by atoms with Crippen LogP contribution in [0.3, 0.4) is 0 Å². The number of nitrogens with one attached hydrogen (secondary N) is 4. The third kappa shape index (κ3) is 13.2. The van der Waals surface area contributed by atoms with Crippen LogP contribution in [0.15, 0.2) is 0 Å². The summed E-state index contributed by atoms with van der Waals surface area (Å²) < 4.78 is 0. The Bertz CT molecular complexity index is 865. The van der Waals surface area contributed by atoms with E-state index >= 15 is 0 Å². The molecule has 0 aromatic rings. The summed E-state index contributed by atoms with van der Waals surface area (Å²) in [6, 6.07) is -7.37. The molecule has 0 aliphatic rings. The highest BCUT2D eigenvalue weighted by Crippen LogP contribution is 2.07. The van der Waals surface area contributed by atoms with Crippen molar-refractivity contribution < 1.29 is 48.9 Å². The minimum atomic E-state index is -1.36. The first-order chi connectivity index (χ1) is 17.1. The second-order valence-corrected chi connectivity index (χ2v) is 8.52. The zero-order valence-corrected chi connectivity index (χ0v) is 20.9. The SMILES string of the molecule is C[C@H](N)C(=O)N[C@H](CCC(=O)O)C(=O)N[C@@H](CCC[C@@H](N)C(=O)O)C(=O)N[C@H](C)C(=O)N[C@H](C)C(=O)O. The number of hydrogen-bond acceptors (Lipinski definition) is 9. The summed E-state index contributed by atoms with van der Waals surface area (Å²) in [4.78, 5) is 82.8. The van der Waals surface area contributed by atoms with Crippen molar-refractivity contribution in [3.8, 4) is 0 Å². The van der Waals surface area contributed by atoms with Crippen molar-refractivity contribution >= 4 is 41.5 Å². The van der Waals surface area contributed by atoms with E-state index in [4.69, 9.17) is 26.8 Å². The Morgan fingerprint density at radius 3 is 1.59 bits per heavy atom. The molecule has 11 N–H and O–H groups in total. The molecule has 0 aromatic heterocycles. The molecule has 0 spiro atoms. The van der Waals surface area contributed by atoms with Gasteiger partial charge in [-0.2, -0.15) is 0 Å². The molecule has 0 saturated heterocycles. The Morgan fingerprint density at radius 1 is 0.622 bits per heavy atom. The molecule has 0 rings (SSSR count).